The van der Waals surface area contributed by atoms with E-state index in [0.717, 1.165) is 12.5 Å². The molecule has 2 atom stereocenters. The lowest BCUT2D eigenvalue weighted by Gasteiger charge is -2.35. The molecule has 0 aromatic rings. The summed E-state index contributed by atoms with van der Waals surface area (Å²) in [6.45, 7) is 0. The Hall–Kier alpha value is -0.0800. The van der Waals surface area contributed by atoms with Crippen LogP contribution in [0.3, 0.4) is 0 Å². The van der Waals surface area contributed by atoms with Crippen molar-refractivity contribution in [2.24, 2.45) is 0 Å². The first kappa shape index (κ1) is 7.56. The van der Waals surface area contributed by atoms with E-state index in [1.807, 2.05) is 0 Å². The highest BCUT2D eigenvalue weighted by atomic mass is 16.3. The fourth-order valence-electron chi connectivity index (χ4n) is 2.07. The molecule has 2 unspecified atom stereocenters. The lowest BCUT2D eigenvalue weighted by Crippen LogP contribution is -2.51. The van der Waals surface area contributed by atoms with Crippen molar-refractivity contribution in [2.75, 3.05) is 0 Å². The molecule has 0 aromatic carbocycles. The number of aliphatic hydroxyl groups is 1. The van der Waals surface area contributed by atoms with Crippen molar-refractivity contribution in [3.8, 4) is 0 Å². The average Bonchev–Trinajstić information content (AvgIpc) is 2.49. The van der Waals surface area contributed by atoms with E-state index in [4.69, 9.17) is 0 Å². The topological polar surface area (TPSA) is 32.3 Å². The number of hydrogen-bond donors (Lipinski definition) is 2. The highest BCUT2D eigenvalue weighted by Crippen LogP contribution is 2.24. The molecule has 0 aromatic heterocycles. The van der Waals surface area contributed by atoms with Crippen LogP contribution in [0, 0.1) is 0 Å². The van der Waals surface area contributed by atoms with Gasteiger partial charge in [0.2, 0.25) is 0 Å². The molecule has 11 heavy (non-hydrogen) atoms. The molecule has 2 aliphatic rings. The van der Waals surface area contributed by atoms with Crippen LogP contribution < -0.4 is 5.32 Å². The number of rotatable bonds is 2. The van der Waals surface area contributed by atoms with Gasteiger partial charge in [0, 0.05) is 12.1 Å². The van der Waals surface area contributed by atoms with Gasteiger partial charge in [-0.05, 0) is 25.7 Å². The summed E-state index contributed by atoms with van der Waals surface area (Å²) in [4.78, 5) is 0. The molecule has 2 rings (SSSR count). The zero-order chi connectivity index (χ0) is 7.68. The van der Waals surface area contributed by atoms with Crippen LogP contribution in [0.25, 0.3) is 0 Å². The molecule has 0 heterocycles. The van der Waals surface area contributed by atoms with Crippen LogP contribution in [0.1, 0.15) is 38.5 Å². The van der Waals surface area contributed by atoms with E-state index in [1.54, 1.807) is 0 Å². The Labute approximate surface area is 68.0 Å². The zero-order valence-electron chi connectivity index (χ0n) is 6.92. The quantitative estimate of drug-likeness (QED) is 0.624. The fraction of sp³-hybridized carbons (Fsp3) is 1.00. The highest BCUT2D eigenvalue weighted by molar-refractivity contribution is 4.89. The second-order valence-corrected chi connectivity index (χ2v) is 3.90. The predicted octanol–water partition coefficient (Wildman–Crippen LogP) is 1.04. The number of aliphatic hydroxyl groups excluding tert-OH is 1. The number of hydrogen-bond acceptors (Lipinski definition) is 2. The molecular formula is C9H17NO. The van der Waals surface area contributed by atoms with Gasteiger partial charge in [-0.1, -0.05) is 12.8 Å². The highest BCUT2D eigenvalue weighted by Gasteiger charge is 2.30. The summed E-state index contributed by atoms with van der Waals surface area (Å²) in [5, 5.41) is 12.8. The molecule has 0 saturated heterocycles. The Kier molecular flexibility index (Phi) is 2.14. The lowest BCUT2D eigenvalue weighted by molar-refractivity contribution is 0.0443. The maximum Gasteiger partial charge on any atom is 0.0693 e. The van der Waals surface area contributed by atoms with Gasteiger partial charge in [-0.25, -0.2) is 0 Å². The van der Waals surface area contributed by atoms with Gasteiger partial charge in [0.25, 0.3) is 0 Å². The third-order valence-electron chi connectivity index (χ3n) is 3.04. The molecule has 2 fully saturated rings. The zero-order valence-corrected chi connectivity index (χ0v) is 6.92. The van der Waals surface area contributed by atoms with E-state index in [9.17, 15) is 5.11 Å². The van der Waals surface area contributed by atoms with Gasteiger partial charge in [0.1, 0.15) is 0 Å². The monoisotopic (exact) mass is 155 g/mol. The van der Waals surface area contributed by atoms with Crippen LogP contribution in [-0.4, -0.2) is 23.3 Å². The van der Waals surface area contributed by atoms with Gasteiger partial charge < -0.3 is 10.4 Å². The van der Waals surface area contributed by atoms with E-state index in [-0.39, 0.29) is 6.10 Å². The minimum absolute atomic E-state index is 0.0457. The maximum absolute atomic E-state index is 9.31. The first-order valence-corrected chi connectivity index (χ1v) is 4.80. The standard InChI is InChI=1S/C9H17NO/c11-9-6-5-8(9)10-7-3-1-2-4-7/h7-11H,1-6H2. The van der Waals surface area contributed by atoms with E-state index < -0.39 is 0 Å². The van der Waals surface area contributed by atoms with Crippen LogP contribution in [-0.2, 0) is 0 Å². The van der Waals surface area contributed by atoms with Crippen molar-refractivity contribution in [2.45, 2.75) is 56.7 Å². The molecule has 2 heteroatoms. The first-order chi connectivity index (χ1) is 5.36. The van der Waals surface area contributed by atoms with E-state index in [1.165, 1.54) is 32.1 Å². The van der Waals surface area contributed by atoms with Crippen molar-refractivity contribution < 1.29 is 5.11 Å². The largest absolute Gasteiger partial charge is 0.392 e. The van der Waals surface area contributed by atoms with Crippen LogP contribution in [0.5, 0.6) is 0 Å². The molecule has 2 aliphatic carbocycles. The molecule has 2 nitrogen and oxygen atoms in total. The molecule has 0 spiro atoms. The summed E-state index contributed by atoms with van der Waals surface area (Å²) in [5.74, 6) is 0. The molecule has 0 aliphatic heterocycles. The number of nitrogens with one attached hydrogen (secondary N) is 1. The summed E-state index contributed by atoms with van der Waals surface area (Å²) in [6.07, 6.45) is 7.53. The third-order valence-corrected chi connectivity index (χ3v) is 3.04. The van der Waals surface area contributed by atoms with Gasteiger partial charge in [0.05, 0.1) is 6.10 Å². The Balaban J connectivity index is 1.72. The van der Waals surface area contributed by atoms with Gasteiger partial charge in [0.15, 0.2) is 0 Å². The van der Waals surface area contributed by atoms with Crippen LogP contribution in [0.2, 0.25) is 0 Å². The van der Waals surface area contributed by atoms with Gasteiger partial charge in [-0.2, -0.15) is 0 Å². The van der Waals surface area contributed by atoms with Gasteiger partial charge in [-0.15, -0.1) is 0 Å². The molecule has 2 saturated carbocycles. The summed E-state index contributed by atoms with van der Waals surface area (Å²) in [5.41, 5.74) is 0. The molecule has 0 bridgehead atoms. The Morgan fingerprint density at radius 2 is 1.73 bits per heavy atom. The summed E-state index contributed by atoms with van der Waals surface area (Å²) >= 11 is 0. The summed E-state index contributed by atoms with van der Waals surface area (Å²) in [6, 6.07) is 1.15. The van der Waals surface area contributed by atoms with Crippen LogP contribution in [0.15, 0.2) is 0 Å². The van der Waals surface area contributed by atoms with Gasteiger partial charge in [-0.3, -0.25) is 0 Å². The van der Waals surface area contributed by atoms with E-state index in [2.05, 4.69) is 5.32 Å². The second kappa shape index (κ2) is 3.11. The second-order valence-electron chi connectivity index (χ2n) is 3.90. The molecular weight excluding hydrogens is 138 g/mol. The summed E-state index contributed by atoms with van der Waals surface area (Å²) < 4.78 is 0. The minimum Gasteiger partial charge on any atom is -0.392 e. The minimum atomic E-state index is -0.0457. The fourth-order valence-corrected chi connectivity index (χ4v) is 2.07. The van der Waals surface area contributed by atoms with E-state index in [0.29, 0.717) is 6.04 Å². The summed E-state index contributed by atoms with van der Waals surface area (Å²) in [7, 11) is 0. The molecule has 64 valence electrons. The first-order valence-electron chi connectivity index (χ1n) is 4.80. The van der Waals surface area contributed by atoms with Crippen LogP contribution in [0.4, 0.5) is 0 Å². The van der Waals surface area contributed by atoms with E-state index >= 15 is 0 Å². The smallest absolute Gasteiger partial charge is 0.0693 e. The Morgan fingerprint density at radius 1 is 1.00 bits per heavy atom. The van der Waals surface area contributed by atoms with Crippen molar-refractivity contribution in [3.63, 3.8) is 0 Å². The SMILES string of the molecule is OC1CCC1NC1CCCC1. The average molecular weight is 155 g/mol. The molecule has 0 amide bonds. The van der Waals surface area contributed by atoms with Crippen LogP contribution >= 0.6 is 0 Å². The van der Waals surface area contributed by atoms with Crippen molar-refractivity contribution in [1.29, 1.82) is 0 Å². The Morgan fingerprint density at radius 3 is 2.18 bits per heavy atom. The normalized spacial score (nSPS) is 39.0. The molecule has 2 N–H and O–H groups in total. The van der Waals surface area contributed by atoms with Gasteiger partial charge >= 0.3 is 0 Å². The predicted molar refractivity (Wildman–Crippen MR) is 44.4 cm³/mol. The van der Waals surface area contributed by atoms with Crippen molar-refractivity contribution >= 4 is 0 Å². The Bertz CT molecular complexity index is 132. The lowest BCUT2D eigenvalue weighted by atomic mass is 9.88. The maximum atomic E-state index is 9.31. The third kappa shape index (κ3) is 1.57. The van der Waals surface area contributed by atoms with Crippen molar-refractivity contribution in [1.82, 2.24) is 5.32 Å². The van der Waals surface area contributed by atoms with Crippen molar-refractivity contribution in [3.05, 3.63) is 0 Å². The molecule has 0 radical (unpaired) electrons.